The summed E-state index contributed by atoms with van der Waals surface area (Å²) in [6.07, 6.45) is -10.2. The van der Waals surface area contributed by atoms with Crippen LogP contribution in [0.5, 0.6) is 0 Å². The van der Waals surface area contributed by atoms with Gasteiger partial charge in [0, 0.05) is 0 Å². The van der Waals surface area contributed by atoms with Gasteiger partial charge in [-0.3, -0.25) is 4.79 Å². The highest BCUT2D eigenvalue weighted by molar-refractivity contribution is 5.90. The molecular weight excluding hydrogens is 232 g/mol. The molecule has 5 N–H and O–H groups in total. The Morgan fingerprint density at radius 1 is 1.18 bits per heavy atom. The fraction of sp³-hybridized carbons (Fsp3) is 0.700. The van der Waals surface area contributed by atoms with Crippen molar-refractivity contribution >= 4 is 5.78 Å². The Labute approximate surface area is 97.6 Å². The minimum absolute atomic E-state index is 0.140. The van der Waals surface area contributed by atoms with E-state index in [1.54, 1.807) is 0 Å². The quantitative estimate of drug-likeness (QED) is 0.344. The highest BCUT2D eigenvalue weighted by Crippen LogP contribution is 2.22. The van der Waals surface area contributed by atoms with Crippen LogP contribution >= 0.6 is 0 Å². The van der Waals surface area contributed by atoms with Crippen LogP contribution in [-0.4, -0.2) is 68.1 Å². The van der Waals surface area contributed by atoms with Crippen molar-refractivity contribution in [3.63, 3.8) is 0 Å². The lowest BCUT2D eigenvalue weighted by atomic mass is 9.92. The second kappa shape index (κ2) is 5.21. The zero-order valence-electron chi connectivity index (χ0n) is 9.22. The van der Waals surface area contributed by atoms with E-state index in [1.807, 2.05) is 0 Å². The zero-order valence-corrected chi connectivity index (χ0v) is 9.22. The summed E-state index contributed by atoms with van der Waals surface area (Å²) in [7, 11) is 0. The summed E-state index contributed by atoms with van der Waals surface area (Å²) >= 11 is 0. The summed E-state index contributed by atoms with van der Waals surface area (Å²) in [6.45, 7) is 4.77. The average molecular weight is 248 g/mol. The molecule has 1 fully saturated rings. The normalized spacial score (nSPS) is 39.8. The molecule has 0 amide bonds. The fourth-order valence-corrected chi connectivity index (χ4v) is 1.49. The van der Waals surface area contributed by atoms with E-state index in [2.05, 4.69) is 11.3 Å². The molecule has 6 atom stereocenters. The van der Waals surface area contributed by atoms with Gasteiger partial charge in [-0.2, -0.15) is 0 Å². The van der Waals surface area contributed by atoms with E-state index in [-0.39, 0.29) is 5.57 Å². The SMILES string of the molecule is C=C(C)C(O)C(=O)[C@H]1OC(O)[C@H](O)[C@@H](O)[C@@H]1O. The van der Waals surface area contributed by atoms with E-state index in [1.165, 1.54) is 6.92 Å². The van der Waals surface area contributed by atoms with E-state index in [0.717, 1.165) is 0 Å². The Morgan fingerprint density at radius 2 is 1.71 bits per heavy atom. The maximum Gasteiger partial charge on any atom is 0.196 e. The second-order valence-electron chi connectivity index (χ2n) is 4.07. The first-order valence-corrected chi connectivity index (χ1v) is 5.02. The highest BCUT2D eigenvalue weighted by Gasteiger charge is 2.47. The van der Waals surface area contributed by atoms with Gasteiger partial charge in [-0.25, -0.2) is 0 Å². The summed E-state index contributed by atoms with van der Waals surface area (Å²) in [6, 6.07) is 0. The van der Waals surface area contributed by atoms with Crippen molar-refractivity contribution in [1.82, 2.24) is 0 Å². The summed E-state index contributed by atoms with van der Waals surface area (Å²) < 4.78 is 4.66. The van der Waals surface area contributed by atoms with Crippen molar-refractivity contribution in [3.8, 4) is 0 Å². The Morgan fingerprint density at radius 3 is 2.18 bits per heavy atom. The molecule has 1 aliphatic rings. The molecule has 0 radical (unpaired) electrons. The third-order valence-electron chi connectivity index (χ3n) is 2.60. The lowest BCUT2D eigenvalue weighted by Crippen LogP contribution is -2.61. The molecule has 98 valence electrons. The smallest absolute Gasteiger partial charge is 0.196 e. The number of Topliss-reactive ketones (excluding diaryl/α,β-unsaturated/α-hetero) is 1. The number of ether oxygens (including phenoxy) is 1. The number of aliphatic hydroxyl groups excluding tert-OH is 5. The van der Waals surface area contributed by atoms with Gasteiger partial charge >= 0.3 is 0 Å². The Balaban J connectivity index is 2.84. The topological polar surface area (TPSA) is 127 Å². The number of aliphatic hydroxyl groups is 5. The first kappa shape index (κ1) is 14.2. The summed E-state index contributed by atoms with van der Waals surface area (Å²) in [5.41, 5.74) is 0.140. The van der Waals surface area contributed by atoms with Crippen LogP contribution in [0, 0.1) is 0 Å². The van der Waals surface area contributed by atoms with Gasteiger partial charge in [-0.1, -0.05) is 6.58 Å². The van der Waals surface area contributed by atoms with Crippen molar-refractivity contribution in [1.29, 1.82) is 0 Å². The molecule has 1 heterocycles. The lowest BCUT2D eigenvalue weighted by molar-refractivity contribution is -0.276. The van der Waals surface area contributed by atoms with Gasteiger partial charge in [0.25, 0.3) is 0 Å². The number of hydrogen-bond donors (Lipinski definition) is 5. The van der Waals surface area contributed by atoms with Crippen LogP contribution in [0.4, 0.5) is 0 Å². The van der Waals surface area contributed by atoms with Crippen molar-refractivity contribution in [2.75, 3.05) is 0 Å². The average Bonchev–Trinajstić information content (AvgIpc) is 2.29. The monoisotopic (exact) mass is 248 g/mol. The number of ketones is 1. The Kier molecular flexibility index (Phi) is 4.36. The molecule has 0 aliphatic carbocycles. The predicted octanol–water partition coefficient (Wildman–Crippen LogP) is -2.71. The van der Waals surface area contributed by atoms with Crippen molar-refractivity contribution < 1.29 is 35.1 Å². The highest BCUT2D eigenvalue weighted by atomic mass is 16.6. The number of carbonyl (C=O) groups excluding carboxylic acids is 1. The van der Waals surface area contributed by atoms with Gasteiger partial charge < -0.3 is 30.3 Å². The molecule has 17 heavy (non-hydrogen) atoms. The third kappa shape index (κ3) is 2.71. The van der Waals surface area contributed by atoms with Crippen LogP contribution in [0.25, 0.3) is 0 Å². The van der Waals surface area contributed by atoms with E-state index >= 15 is 0 Å². The number of hydrogen-bond acceptors (Lipinski definition) is 7. The predicted molar refractivity (Wildman–Crippen MR) is 54.7 cm³/mol. The number of rotatable bonds is 3. The molecule has 7 heteroatoms. The molecule has 1 rings (SSSR count). The first-order valence-electron chi connectivity index (χ1n) is 5.02. The van der Waals surface area contributed by atoms with E-state index in [4.69, 9.17) is 0 Å². The third-order valence-corrected chi connectivity index (χ3v) is 2.60. The van der Waals surface area contributed by atoms with Gasteiger partial charge in [0.2, 0.25) is 0 Å². The van der Waals surface area contributed by atoms with E-state index < -0.39 is 42.6 Å². The molecule has 2 unspecified atom stereocenters. The molecule has 1 aliphatic heterocycles. The van der Waals surface area contributed by atoms with Gasteiger partial charge in [-0.15, -0.1) is 0 Å². The molecule has 0 spiro atoms. The van der Waals surface area contributed by atoms with Gasteiger partial charge in [-0.05, 0) is 12.5 Å². The maximum absolute atomic E-state index is 11.6. The van der Waals surface area contributed by atoms with Crippen molar-refractivity contribution in [3.05, 3.63) is 12.2 Å². The largest absolute Gasteiger partial charge is 0.387 e. The minimum atomic E-state index is -1.81. The maximum atomic E-state index is 11.6. The van der Waals surface area contributed by atoms with Crippen LogP contribution in [0.1, 0.15) is 6.92 Å². The van der Waals surface area contributed by atoms with E-state index in [9.17, 15) is 30.3 Å². The van der Waals surface area contributed by atoms with Crippen molar-refractivity contribution in [2.45, 2.75) is 43.7 Å². The first-order chi connectivity index (χ1) is 7.77. The molecule has 1 saturated heterocycles. The van der Waals surface area contributed by atoms with Crippen LogP contribution in [0.3, 0.4) is 0 Å². The molecule has 0 bridgehead atoms. The van der Waals surface area contributed by atoms with Crippen LogP contribution in [-0.2, 0) is 9.53 Å². The standard InChI is InChI=1S/C10H16O7/c1-3(2)4(11)6(13)9-7(14)5(12)8(15)10(16)17-9/h4-5,7-12,14-16H,1H2,2H3/t4?,5-,7-,8+,9+,10?/m0/s1. The lowest BCUT2D eigenvalue weighted by Gasteiger charge is -2.38. The molecule has 0 saturated carbocycles. The Bertz CT molecular complexity index is 316. The fourth-order valence-electron chi connectivity index (χ4n) is 1.49. The zero-order chi connectivity index (χ0) is 13.3. The molecule has 7 nitrogen and oxygen atoms in total. The van der Waals surface area contributed by atoms with Crippen LogP contribution < -0.4 is 0 Å². The summed E-state index contributed by atoms with van der Waals surface area (Å²) in [5.74, 6) is -0.935. The van der Waals surface area contributed by atoms with Crippen molar-refractivity contribution in [2.24, 2.45) is 0 Å². The summed E-state index contributed by atoms with van der Waals surface area (Å²) in [5, 5.41) is 46.7. The van der Waals surface area contributed by atoms with Gasteiger partial charge in [0.1, 0.15) is 24.4 Å². The van der Waals surface area contributed by atoms with Gasteiger partial charge in [0.05, 0.1) is 0 Å². The van der Waals surface area contributed by atoms with Crippen LogP contribution in [0.15, 0.2) is 12.2 Å². The second-order valence-corrected chi connectivity index (χ2v) is 4.07. The minimum Gasteiger partial charge on any atom is -0.387 e. The Hall–Kier alpha value is -0.830. The van der Waals surface area contributed by atoms with Gasteiger partial charge in [0.15, 0.2) is 18.2 Å². The molecule has 0 aromatic heterocycles. The van der Waals surface area contributed by atoms with E-state index in [0.29, 0.717) is 0 Å². The molecular formula is C10H16O7. The summed E-state index contributed by atoms with van der Waals surface area (Å²) in [4.78, 5) is 11.6. The van der Waals surface area contributed by atoms with Crippen LogP contribution in [0.2, 0.25) is 0 Å². The number of carbonyl (C=O) groups is 1. The molecule has 0 aromatic rings. The molecule has 0 aromatic carbocycles.